The first kappa shape index (κ1) is 20.0. The Morgan fingerprint density at radius 1 is 1.14 bits per heavy atom. The molecule has 2 N–H and O–H groups in total. The van der Waals surface area contributed by atoms with Gasteiger partial charge in [0.25, 0.3) is 0 Å². The number of carbonyl (C=O) groups is 1. The summed E-state index contributed by atoms with van der Waals surface area (Å²) in [6, 6.07) is 10.7. The second-order valence-electron chi connectivity index (χ2n) is 6.82. The largest absolute Gasteiger partial charge is 0.422 e. The van der Waals surface area contributed by atoms with E-state index in [1.807, 2.05) is 32.9 Å². The molecule has 0 saturated carbocycles. The Labute approximate surface area is 168 Å². The Balaban J connectivity index is 1.87. The average Bonchev–Trinajstić information content (AvgIpc) is 2.65. The van der Waals surface area contributed by atoms with Crippen LogP contribution < -0.4 is 16.3 Å². The molecular weight excluding hydrogens is 376 g/mol. The minimum atomic E-state index is -0.385. The first-order valence-electron chi connectivity index (χ1n) is 9.25. The van der Waals surface area contributed by atoms with Gasteiger partial charge in [-0.15, -0.1) is 0 Å². The molecular formula is C22H23ClN2O3. The second kappa shape index (κ2) is 8.48. The molecule has 0 radical (unpaired) electrons. The number of aryl methyl sites for hydroxylation is 2. The molecule has 0 aliphatic rings. The van der Waals surface area contributed by atoms with Crippen LogP contribution in [-0.2, 0) is 11.3 Å². The molecule has 2 aromatic carbocycles. The van der Waals surface area contributed by atoms with Crippen molar-refractivity contribution in [1.82, 2.24) is 0 Å². The van der Waals surface area contributed by atoms with Crippen molar-refractivity contribution in [1.29, 1.82) is 0 Å². The van der Waals surface area contributed by atoms with Gasteiger partial charge in [0, 0.05) is 30.1 Å². The zero-order valence-corrected chi connectivity index (χ0v) is 16.9. The summed E-state index contributed by atoms with van der Waals surface area (Å²) in [6.07, 6.45) is 1.25. The zero-order valence-electron chi connectivity index (χ0n) is 16.2. The van der Waals surface area contributed by atoms with E-state index in [9.17, 15) is 9.59 Å². The van der Waals surface area contributed by atoms with E-state index in [2.05, 4.69) is 10.6 Å². The van der Waals surface area contributed by atoms with E-state index in [1.54, 1.807) is 18.2 Å². The van der Waals surface area contributed by atoms with Crippen LogP contribution in [0.3, 0.4) is 0 Å². The molecule has 3 aromatic rings. The predicted molar refractivity (Wildman–Crippen MR) is 114 cm³/mol. The van der Waals surface area contributed by atoms with Gasteiger partial charge in [-0.25, -0.2) is 4.79 Å². The summed E-state index contributed by atoms with van der Waals surface area (Å²) in [5.41, 5.74) is 4.43. The van der Waals surface area contributed by atoms with Crippen molar-refractivity contribution in [2.75, 3.05) is 10.6 Å². The number of amides is 1. The zero-order chi connectivity index (χ0) is 20.3. The number of nitrogens with one attached hydrogen (secondary N) is 2. The third kappa shape index (κ3) is 4.37. The summed E-state index contributed by atoms with van der Waals surface area (Å²) in [6.45, 7) is 6.28. The summed E-state index contributed by atoms with van der Waals surface area (Å²) < 4.78 is 5.42. The summed E-state index contributed by atoms with van der Waals surface area (Å²) in [5.74, 6) is -0.0340. The van der Waals surface area contributed by atoms with Gasteiger partial charge in [-0.3, -0.25) is 4.79 Å². The van der Waals surface area contributed by atoms with Crippen LogP contribution >= 0.6 is 11.6 Å². The smallest absolute Gasteiger partial charge is 0.336 e. The maximum Gasteiger partial charge on any atom is 0.336 e. The quantitative estimate of drug-likeness (QED) is 0.544. The Bertz CT molecular complexity index is 1090. The van der Waals surface area contributed by atoms with Crippen molar-refractivity contribution in [3.8, 4) is 0 Å². The molecule has 0 atom stereocenters. The molecule has 6 heteroatoms. The average molecular weight is 399 g/mol. The lowest BCUT2D eigenvalue weighted by atomic mass is 10.0. The van der Waals surface area contributed by atoms with Gasteiger partial charge in [-0.2, -0.15) is 0 Å². The molecule has 0 unspecified atom stereocenters. The van der Waals surface area contributed by atoms with E-state index < -0.39 is 0 Å². The number of anilines is 2. The Morgan fingerprint density at radius 2 is 1.93 bits per heavy atom. The highest BCUT2D eigenvalue weighted by Crippen LogP contribution is 2.28. The Kier molecular flexibility index (Phi) is 6.05. The molecule has 0 spiro atoms. The molecule has 0 fully saturated rings. The third-order valence-corrected chi connectivity index (χ3v) is 5.04. The lowest BCUT2D eigenvalue weighted by Gasteiger charge is -2.13. The summed E-state index contributed by atoms with van der Waals surface area (Å²) in [5, 5.41) is 7.55. The number of hydrogen-bond acceptors (Lipinski definition) is 4. The minimum Gasteiger partial charge on any atom is -0.422 e. The van der Waals surface area contributed by atoms with Gasteiger partial charge in [0.15, 0.2) is 0 Å². The van der Waals surface area contributed by atoms with Crippen molar-refractivity contribution in [3.63, 3.8) is 0 Å². The van der Waals surface area contributed by atoms with Crippen molar-refractivity contribution < 1.29 is 9.21 Å². The highest BCUT2D eigenvalue weighted by Gasteiger charge is 2.11. The molecule has 0 aliphatic carbocycles. The molecule has 28 heavy (non-hydrogen) atoms. The standard InChI is InChI=1S/C22H23ClN2O3/c1-4-5-20(26)25-16-7-9-18(23)19(11-16)24-12-15-10-21(27)28-22-14(3)13(2)6-8-17(15)22/h6-11,24H,4-5,12H2,1-3H3,(H,25,26). The van der Waals surface area contributed by atoms with Gasteiger partial charge in [-0.1, -0.05) is 30.7 Å². The lowest BCUT2D eigenvalue weighted by molar-refractivity contribution is -0.116. The Hall–Kier alpha value is -2.79. The summed E-state index contributed by atoms with van der Waals surface area (Å²) in [4.78, 5) is 23.8. The van der Waals surface area contributed by atoms with Crippen molar-refractivity contribution >= 4 is 39.9 Å². The van der Waals surface area contributed by atoms with Crippen LogP contribution in [0.5, 0.6) is 0 Å². The monoisotopic (exact) mass is 398 g/mol. The fourth-order valence-electron chi connectivity index (χ4n) is 3.05. The maximum absolute atomic E-state index is 12.0. The van der Waals surface area contributed by atoms with Gasteiger partial charge < -0.3 is 15.1 Å². The third-order valence-electron chi connectivity index (χ3n) is 4.71. The fourth-order valence-corrected chi connectivity index (χ4v) is 3.23. The molecule has 1 aromatic heterocycles. The van der Waals surface area contributed by atoms with Gasteiger partial charge in [0.2, 0.25) is 5.91 Å². The molecule has 0 saturated heterocycles. The molecule has 146 valence electrons. The van der Waals surface area contributed by atoms with Crippen LogP contribution in [0.25, 0.3) is 11.0 Å². The highest BCUT2D eigenvalue weighted by atomic mass is 35.5. The first-order chi connectivity index (χ1) is 13.4. The van der Waals surface area contributed by atoms with Crippen LogP contribution in [-0.4, -0.2) is 5.91 Å². The highest BCUT2D eigenvalue weighted by molar-refractivity contribution is 6.33. The van der Waals surface area contributed by atoms with Gasteiger partial charge in [0.05, 0.1) is 10.7 Å². The molecule has 0 bridgehead atoms. The predicted octanol–water partition coefficient (Wildman–Crippen LogP) is 5.41. The van der Waals surface area contributed by atoms with Crippen LogP contribution in [0.2, 0.25) is 5.02 Å². The SMILES string of the molecule is CCCC(=O)Nc1ccc(Cl)c(NCc2cc(=O)oc3c(C)c(C)ccc23)c1. The van der Waals surface area contributed by atoms with Gasteiger partial charge in [-0.05, 0) is 55.2 Å². The number of rotatable bonds is 6. The van der Waals surface area contributed by atoms with E-state index in [4.69, 9.17) is 16.0 Å². The normalized spacial score (nSPS) is 10.9. The molecule has 1 amide bonds. The summed E-state index contributed by atoms with van der Waals surface area (Å²) in [7, 11) is 0. The van der Waals surface area contributed by atoms with Crippen molar-refractivity contribution in [2.45, 2.75) is 40.2 Å². The van der Waals surface area contributed by atoms with Crippen molar-refractivity contribution in [2.24, 2.45) is 0 Å². The van der Waals surface area contributed by atoms with E-state index >= 15 is 0 Å². The number of halogens is 1. The second-order valence-corrected chi connectivity index (χ2v) is 7.23. The number of hydrogen-bond donors (Lipinski definition) is 2. The van der Waals surface area contributed by atoms with Crippen molar-refractivity contribution in [3.05, 3.63) is 68.5 Å². The topological polar surface area (TPSA) is 71.3 Å². The molecule has 0 aliphatic heterocycles. The first-order valence-corrected chi connectivity index (χ1v) is 9.63. The van der Waals surface area contributed by atoms with Gasteiger partial charge >= 0.3 is 5.63 Å². The molecule has 1 heterocycles. The maximum atomic E-state index is 12.0. The number of carbonyl (C=O) groups excluding carboxylic acids is 1. The molecule has 3 rings (SSSR count). The lowest BCUT2D eigenvalue weighted by Crippen LogP contribution is -2.11. The summed E-state index contributed by atoms with van der Waals surface area (Å²) >= 11 is 6.30. The van der Waals surface area contributed by atoms with Crippen LogP contribution in [0.4, 0.5) is 11.4 Å². The molecule has 5 nitrogen and oxygen atoms in total. The van der Waals surface area contributed by atoms with Crippen LogP contribution in [0, 0.1) is 13.8 Å². The Morgan fingerprint density at radius 3 is 2.68 bits per heavy atom. The van der Waals surface area contributed by atoms with Gasteiger partial charge in [0.1, 0.15) is 5.58 Å². The number of fused-ring (bicyclic) bond motifs is 1. The van der Waals surface area contributed by atoms with E-state index in [-0.39, 0.29) is 11.5 Å². The van der Waals surface area contributed by atoms with E-state index in [0.717, 1.165) is 28.5 Å². The van der Waals surface area contributed by atoms with Crippen LogP contribution in [0.15, 0.2) is 45.6 Å². The van der Waals surface area contributed by atoms with Crippen LogP contribution in [0.1, 0.15) is 36.5 Å². The van der Waals surface area contributed by atoms with E-state index in [0.29, 0.717) is 34.9 Å². The number of benzene rings is 2. The minimum absolute atomic E-state index is 0.0340. The van der Waals surface area contributed by atoms with E-state index in [1.165, 1.54) is 6.07 Å². The fraction of sp³-hybridized carbons (Fsp3) is 0.273.